The highest BCUT2D eigenvalue weighted by molar-refractivity contribution is 6.29. The number of pyridine rings is 1. The third kappa shape index (κ3) is 3.33. The van der Waals surface area contributed by atoms with Gasteiger partial charge in [0.2, 0.25) is 0 Å². The molecule has 3 heterocycles. The Morgan fingerprint density at radius 1 is 1.40 bits per heavy atom. The molecule has 0 radical (unpaired) electrons. The molecular formula is C14H13ClN8O2. The molecule has 0 spiro atoms. The number of methoxy groups -OCH3 is 1. The number of nitrogens with zero attached hydrogens (tertiary/aromatic N) is 5. The lowest BCUT2D eigenvalue weighted by Crippen LogP contribution is -2.21. The van der Waals surface area contributed by atoms with E-state index in [1.807, 2.05) is 5.32 Å². The summed E-state index contributed by atoms with van der Waals surface area (Å²) in [7, 11) is 1.43. The SMILES string of the molecule is [2H]C([2H])([2H])NC(=O)c1nnc(Cl)cc1Nc1nccc(-c2ncn[nH]2)c1OC. The van der Waals surface area contributed by atoms with Crippen LogP contribution in [0.4, 0.5) is 11.5 Å². The van der Waals surface area contributed by atoms with Gasteiger partial charge in [-0.1, -0.05) is 11.6 Å². The lowest BCUT2D eigenvalue weighted by molar-refractivity contribution is 0.0958. The topological polar surface area (TPSA) is 131 Å². The molecule has 0 bridgehead atoms. The minimum atomic E-state index is -2.70. The highest BCUT2D eigenvalue weighted by Gasteiger charge is 2.19. The van der Waals surface area contributed by atoms with Crippen LogP contribution in [0.25, 0.3) is 11.4 Å². The molecule has 0 fully saturated rings. The largest absolute Gasteiger partial charge is 0.492 e. The predicted octanol–water partition coefficient (Wildman–Crippen LogP) is 1.42. The molecule has 0 aliphatic heterocycles. The maximum absolute atomic E-state index is 12.3. The van der Waals surface area contributed by atoms with Gasteiger partial charge in [-0.25, -0.2) is 9.97 Å². The van der Waals surface area contributed by atoms with E-state index < -0.39 is 12.9 Å². The van der Waals surface area contributed by atoms with Crippen molar-refractivity contribution in [3.63, 3.8) is 0 Å². The van der Waals surface area contributed by atoms with E-state index in [0.717, 1.165) is 0 Å². The molecule has 1 amide bonds. The number of anilines is 2. The van der Waals surface area contributed by atoms with E-state index in [1.165, 1.54) is 25.7 Å². The number of carbonyl (C=O) groups is 1. The standard InChI is InChI=1S/C14H13ClN8O2/c1-16-14(24)10-8(5-9(15)21-22-10)20-13-11(25-2)7(3-4-17-13)12-18-6-19-23-12/h3-6H,1-2H3,(H,16,24)(H,17,20,21)(H,18,19,23)/i1D3. The second kappa shape index (κ2) is 7.09. The molecule has 0 aliphatic carbocycles. The lowest BCUT2D eigenvalue weighted by Gasteiger charge is -2.14. The maximum Gasteiger partial charge on any atom is 0.273 e. The van der Waals surface area contributed by atoms with E-state index in [2.05, 4.69) is 35.7 Å². The van der Waals surface area contributed by atoms with Crippen molar-refractivity contribution in [2.75, 3.05) is 19.4 Å². The Morgan fingerprint density at radius 2 is 2.28 bits per heavy atom. The van der Waals surface area contributed by atoms with Crippen LogP contribution in [0.5, 0.6) is 5.75 Å². The first-order valence-electron chi connectivity index (χ1n) is 8.30. The Morgan fingerprint density at radius 3 is 3.00 bits per heavy atom. The predicted molar refractivity (Wildman–Crippen MR) is 89.9 cm³/mol. The van der Waals surface area contributed by atoms with Crippen molar-refractivity contribution in [1.82, 2.24) is 35.7 Å². The summed E-state index contributed by atoms with van der Waals surface area (Å²) in [6.07, 6.45) is 2.83. The van der Waals surface area contributed by atoms with Gasteiger partial charge in [-0.05, 0) is 6.07 Å². The lowest BCUT2D eigenvalue weighted by atomic mass is 10.2. The van der Waals surface area contributed by atoms with E-state index in [0.29, 0.717) is 17.1 Å². The normalized spacial score (nSPS) is 12.6. The number of aromatic amines is 1. The summed E-state index contributed by atoms with van der Waals surface area (Å²) in [6, 6.07) is 2.97. The number of halogens is 1. The zero-order chi connectivity index (χ0) is 20.3. The molecule has 25 heavy (non-hydrogen) atoms. The molecule has 0 atom stereocenters. The molecule has 11 heteroatoms. The molecular weight excluding hydrogens is 348 g/mol. The fourth-order valence-corrected chi connectivity index (χ4v) is 2.23. The number of ether oxygens (including phenoxy) is 1. The van der Waals surface area contributed by atoms with Crippen molar-refractivity contribution in [3.05, 3.63) is 35.5 Å². The minimum absolute atomic E-state index is 0.0155. The van der Waals surface area contributed by atoms with Gasteiger partial charge in [-0.2, -0.15) is 5.10 Å². The molecule has 0 saturated carbocycles. The molecule has 10 nitrogen and oxygen atoms in total. The second-order valence-electron chi connectivity index (χ2n) is 4.58. The number of rotatable bonds is 5. The van der Waals surface area contributed by atoms with Crippen LogP contribution in [0.3, 0.4) is 0 Å². The molecule has 0 unspecified atom stereocenters. The summed E-state index contributed by atoms with van der Waals surface area (Å²) in [5.74, 6) is -0.0108. The fraction of sp³-hybridized carbons (Fsp3) is 0.143. The van der Waals surface area contributed by atoms with Crippen molar-refractivity contribution < 1.29 is 13.6 Å². The summed E-state index contributed by atoms with van der Waals surface area (Å²) in [6.45, 7) is -2.70. The maximum atomic E-state index is 12.3. The molecule has 0 aromatic carbocycles. The third-order valence-corrected chi connectivity index (χ3v) is 3.31. The number of nitrogens with one attached hydrogen (secondary N) is 3. The van der Waals surface area contributed by atoms with Gasteiger partial charge in [0.1, 0.15) is 6.33 Å². The number of hydrogen-bond acceptors (Lipinski definition) is 8. The van der Waals surface area contributed by atoms with Crippen LogP contribution >= 0.6 is 11.6 Å². The zero-order valence-corrected chi connectivity index (χ0v) is 13.5. The fourth-order valence-electron chi connectivity index (χ4n) is 2.08. The van der Waals surface area contributed by atoms with Gasteiger partial charge in [0.05, 0.1) is 18.4 Å². The van der Waals surface area contributed by atoms with Crippen molar-refractivity contribution >= 4 is 29.0 Å². The molecule has 0 saturated heterocycles. The van der Waals surface area contributed by atoms with Crippen molar-refractivity contribution in [2.24, 2.45) is 0 Å². The highest BCUT2D eigenvalue weighted by atomic mass is 35.5. The van der Waals surface area contributed by atoms with Crippen molar-refractivity contribution in [1.29, 1.82) is 0 Å². The van der Waals surface area contributed by atoms with Crippen LogP contribution in [-0.2, 0) is 0 Å². The third-order valence-electron chi connectivity index (χ3n) is 3.12. The van der Waals surface area contributed by atoms with E-state index in [-0.39, 0.29) is 22.4 Å². The Balaban J connectivity index is 2.01. The van der Waals surface area contributed by atoms with Crippen LogP contribution in [-0.4, -0.2) is 50.4 Å². The van der Waals surface area contributed by atoms with Gasteiger partial charge in [0.25, 0.3) is 5.91 Å². The second-order valence-corrected chi connectivity index (χ2v) is 4.97. The van der Waals surface area contributed by atoms with Crippen molar-refractivity contribution in [2.45, 2.75) is 0 Å². The number of carbonyl (C=O) groups excluding carboxylic acids is 1. The minimum Gasteiger partial charge on any atom is -0.492 e. The Labute approximate surface area is 151 Å². The van der Waals surface area contributed by atoms with Crippen LogP contribution < -0.4 is 15.4 Å². The first kappa shape index (κ1) is 13.1. The zero-order valence-electron chi connectivity index (χ0n) is 15.7. The Bertz CT molecular complexity index is 997. The van der Waals surface area contributed by atoms with E-state index >= 15 is 0 Å². The summed E-state index contributed by atoms with van der Waals surface area (Å²) in [5.41, 5.74) is 0.357. The van der Waals surface area contributed by atoms with Gasteiger partial charge >= 0.3 is 0 Å². The molecule has 128 valence electrons. The molecule has 3 rings (SSSR count). The van der Waals surface area contributed by atoms with Gasteiger partial charge < -0.3 is 15.4 Å². The Kier molecular flexibility index (Phi) is 3.71. The first-order chi connectivity index (χ1) is 13.3. The number of H-pyrrole nitrogens is 1. The van der Waals surface area contributed by atoms with Crippen LogP contribution in [0.15, 0.2) is 24.7 Å². The van der Waals surface area contributed by atoms with Gasteiger partial charge in [0.15, 0.2) is 28.2 Å². The quantitative estimate of drug-likeness (QED) is 0.620. The summed E-state index contributed by atoms with van der Waals surface area (Å²) < 4.78 is 26.9. The molecule has 0 aliphatic rings. The summed E-state index contributed by atoms with van der Waals surface area (Å²) in [5, 5.41) is 18.5. The van der Waals surface area contributed by atoms with Crippen LogP contribution in [0.1, 0.15) is 14.6 Å². The van der Waals surface area contributed by atoms with E-state index in [9.17, 15) is 4.79 Å². The summed E-state index contributed by atoms with van der Waals surface area (Å²) in [4.78, 5) is 20.5. The van der Waals surface area contributed by atoms with E-state index in [4.69, 9.17) is 20.5 Å². The molecule has 3 aromatic rings. The van der Waals surface area contributed by atoms with Gasteiger partial charge in [-0.3, -0.25) is 9.89 Å². The first-order valence-corrected chi connectivity index (χ1v) is 7.18. The summed E-state index contributed by atoms with van der Waals surface area (Å²) >= 11 is 5.88. The van der Waals surface area contributed by atoms with Crippen LogP contribution in [0.2, 0.25) is 5.15 Å². The monoisotopic (exact) mass is 363 g/mol. The van der Waals surface area contributed by atoms with Gasteiger partial charge in [0, 0.05) is 23.4 Å². The van der Waals surface area contributed by atoms with Crippen molar-refractivity contribution in [3.8, 4) is 17.1 Å². The average Bonchev–Trinajstić information content (AvgIpc) is 3.14. The number of aromatic nitrogens is 6. The Hall–Kier alpha value is -3.27. The molecule has 3 N–H and O–H groups in total. The van der Waals surface area contributed by atoms with Crippen LogP contribution in [0, 0.1) is 0 Å². The number of amides is 1. The van der Waals surface area contributed by atoms with E-state index in [1.54, 1.807) is 6.07 Å². The van der Waals surface area contributed by atoms with Gasteiger partial charge in [-0.15, -0.1) is 10.2 Å². The highest BCUT2D eigenvalue weighted by Crippen LogP contribution is 2.35. The average molecular weight is 364 g/mol. The smallest absolute Gasteiger partial charge is 0.273 e. The molecule has 3 aromatic heterocycles. The number of hydrogen-bond donors (Lipinski definition) is 3.